The summed E-state index contributed by atoms with van der Waals surface area (Å²) in [6.45, 7) is 8.02. The van der Waals surface area contributed by atoms with Gasteiger partial charge < -0.3 is 24.1 Å². The van der Waals surface area contributed by atoms with E-state index in [1.54, 1.807) is 36.0 Å². The second-order valence-corrected chi connectivity index (χ2v) is 8.54. The molecule has 2 aromatic carbocycles. The first-order valence-electron chi connectivity index (χ1n) is 11.4. The minimum Gasteiger partial charge on any atom is -0.490 e. The number of hydrogen-bond donors (Lipinski definition) is 1. The zero-order valence-electron chi connectivity index (χ0n) is 19.5. The standard InChI is InChI=1S/C25H28FN3O4S/c1-4-31-20-13-17(14-21(32-5-2)23(20)33-6-3)24(30)27-15-19-22(16-7-9-18(26)10-8-16)28-25-29(19)11-12-34-25/h7-10,13-14H,4-6,11-12,15H2,1-3H3,(H,27,30). The fourth-order valence-corrected chi connectivity index (χ4v) is 4.81. The van der Waals surface area contributed by atoms with Gasteiger partial charge in [-0.3, -0.25) is 4.79 Å². The Morgan fingerprint density at radius 2 is 1.71 bits per heavy atom. The number of rotatable bonds is 10. The molecule has 0 atom stereocenters. The quantitative estimate of drug-likeness (QED) is 0.439. The first kappa shape index (κ1) is 23.9. The first-order chi connectivity index (χ1) is 16.5. The largest absolute Gasteiger partial charge is 0.490 e. The number of amides is 1. The van der Waals surface area contributed by atoms with Crippen LogP contribution in [0.15, 0.2) is 41.6 Å². The summed E-state index contributed by atoms with van der Waals surface area (Å²) in [5, 5.41) is 3.91. The SMILES string of the molecule is CCOc1cc(C(=O)NCc2c(-c3ccc(F)cc3)nc3n2CCS3)cc(OCC)c1OCC. The molecule has 1 N–H and O–H groups in total. The van der Waals surface area contributed by atoms with Gasteiger partial charge in [0, 0.05) is 23.4 Å². The molecule has 4 rings (SSSR count). The van der Waals surface area contributed by atoms with Gasteiger partial charge in [0.15, 0.2) is 16.7 Å². The van der Waals surface area contributed by atoms with Crippen molar-refractivity contribution in [1.82, 2.24) is 14.9 Å². The highest BCUT2D eigenvalue weighted by molar-refractivity contribution is 7.99. The van der Waals surface area contributed by atoms with Crippen LogP contribution < -0.4 is 19.5 Å². The van der Waals surface area contributed by atoms with Crippen molar-refractivity contribution in [3.8, 4) is 28.5 Å². The second-order valence-electron chi connectivity index (χ2n) is 7.48. The molecular weight excluding hydrogens is 457 g/mol. The number of ether oxygens (including phenoxy) is 3. The van der Waals surface area contributed by atoms with Gasteiger partial charge in [0.25, 0.3) is 5.91 Å². The minimum absolute atomic E-state index is 0.267. The van der Waals surface area contributed by atoms with E-state index in [0.717, 1.165) is 34.4 Å². The molecule has 0 saturated carbocycles. The fourth-order valence-electron chi connectivity index (χ4n) is 3.84. The van der Waals surface area contributed by atoms with Crippen LogP contribution in [0.4, 0.5) is 4.39 Å². The summed E-state index contributed by atoms with van der Waals surface area (Å²) in [7, 11) is 0. The maximum atomic E-state index is 13.4. The van der Waals surface area contributed by atoms with Gasteiger partial charge in [-0.1, -0.05) is 11.8 Å². The number of halogens is 1. The lowest BCUT2D eigenvalue weighted by molar-refractivity contribution is 0.0949. The normalized spacial score (nSPS) is 12.4. The Balaban J connectivity index is 1.61. The van der Waals surface area contributed by atoms with Crippen LogP contribution in [0.5, 0.6) is 17.2 Å². The Bertz CT molecular complexity index is 1140. The number of nitrogens with zero attached hydrogens (tertiary/aromatic N) is 2. The number of carbonyl (C=O) groups excluding carboxylic acids is 1. The number of benzene rings is 2. The lowest BCUT2D eigenvalue weighted by Gasteiger charge is -2.17. The zero-order valence-corrected chi connectivity index (χ0v) is 20.3. The predicted molar refractivity (Wildman–Crippen MR) is 129 cm³/mol. The fraction of sp³-hybridized carbons (Fsp3) is 0.360. The van der Waals surface area contributed by atoms with Crippen LogP contribution in [0.3, 0.4) is 0 Å². The highest BCUT2D eigenvalue weighted by Crippen LogP contribution is 2.39. The van der Waals surface area contributed by atoms with E-state index in [1.165, 1.54) is 12.1 Å². The molecule has 0 spiro atoms. The van der Waals surface area contributed by atoms with Gasteiger partial charge >= 0.3 is 0 Å². The summed E-state index contributed by atoms with van der Waals surface area (Å²) in [4.78, 5) is 17.9. The molecule has 9 heteroatoms. The maximum Gasteiger partial charge on any atom is 0.251 e. The highest BCUT2D eigenvalue weighted by Gasteiger charge is 2.24. The van der Waals surface area contributed by atoms with Crippen LogP contribution in [0, 0.1) is 5.82 Å². The number of nitrogens with one attached hydrogen (secondary N) is 1. The van der Waals surface area contributed by atoms with Crippen molar-refractivity contribution < 1.29 is 23.4 Å². The molecule has 1 amide bonds. The molecule has 7 nitrogen and oxygen atoms in total. The van der Waals surface area contributed by atoms with E-state index in [2.05, 4.69) is 9.88 Å². The molecule has 0 saturated heterocycles. The van der Waals surface area contributed by atoms with Gasteiger partial charge in [-0.25, -0.2) is 9.37 Å². The molecule has 0 radical (unpaired) electrons. The average molecular weight is 486 g/mol. The summed E-state index contributed by atoms with van der Waals surface area (Å²) in [5.74, 6) is 1.79. The predicted octanol–water partition coefficient (Wildman–Crippen LogP) is 4.92. The molecule has 180 valence electrons. The molecule has 0 fully saturated rings. The van der Waals surface area contributed by atoms with Crippen molar-refractivity contribution >= 4 is 17.7 Å². The van der Waals surface area contributed by atoms with E-state index in [4.69, 9.17) is 19.2 Å². The number of fused-ring (bicyclic) bond motifs is 1. The van der Waals surface area contributed by atoms with E-state index in [9.17, 15) is 9.18 Å². The summed E-state index contributed by atoms with van der Waals surface area (Å²) < 4.78 is 32.7. The summed E-state index contributed by atoms with van der Waals surface area (Å²) in [6.07, 6.45) is 0. The van der Waals surface area contributed by atoms with Gasteiger partial charge in [0.05, 0.1) is 37.8 Å². The van der Waals surface area contributed by atoms with Crippen LogP contribution in [0.1, 0.15) is 36.8 Å². The van der Waals surface area contributed by atoms with Crippen molar-refractivity contribution in [2.75, 3.05) is 25.6 Å². The Kier molecular flexibility index (Phi) is 7.62. The Hall–Kier alpha value is -3.20. The van der Waals surface area contributed by atoms with Crippen molar-refractivity contribution in [2.24, 2.45) is 0 Å². The molecule has 1 aliphatic rings. The van der Waals surface area contributed by atoms with Crippen LogP contribution in [-0.2, 0) is 13.1 Å². The van der Waals surface area contributed by atoms with Gasteiger partial charge in [-0.2, -0.15) is 0 Å². The van der Waals surface area contributed by atoms with Crippen molar-refractivity contribution in [2.45, 2.75) is 39.0 Å². The van der Waals surface area contributed by atoms with E-state index in [-0.39, 0.29) is 18.3 Å². The number of imidazole rings is 1. The molecule has 1 aliphatic heterocycles. The number of aromatic nitrogens is 2. The number of thioether (sulfide) groups is 1. The lowest BCUT2D eigenvalue weighted by Crippen LogP contribution is -2.25. The molecule has 0 aliphatic carbocycles. The average Bonchev–Trinajstić information content (AvgIpc) is 3.42. The topological polar surface area (TPSA) is 74.6 Å². The molecule has 3 aromatic rings. The summed E-state index contributed by atoms with van der Waals surface area (Å²) >= 11 is 1.67. The zero-order chi connectivity index (χ0) is 24.1. The molecular formula is C25H28FN3O4S. The van der Waals surface area contributed by atoms with E-state index in [0.29, 0.717) is 42.6 Å². The van der Waals surface area contributed by atoms with Crippen molar-refractivity contribution in [3.63, 3.8) is 0 Å². The van der Waals surface area contributed by atoms with E-state index >= 15 is 0 Å². The van der Waals surface area contributed by atoms with Crippen LogP contribution in [0.25, 0.3) is 11.3 Å². The maximum absolute atomic E-state index is 13.4. The van der Waals surface area contributed by atoms with Crippen LogP contribution in [-0.4, -0.2) is 41.0 Å². The molecule has 0 unspecified atom stereocenters. The second kappa shape index (κ2) is 10.8. The Labute approximate surface area is 202 Å². The third-order valence-corrected chi connectivity index (χ3v) is 6.25. The van der Waals surface area contributed by atoms with E-state index in [1.807, 2.05) is 20.8 Å². The van der Waals surface area contributed by atoms with Gasteiger partial charge in [-0.15, -0.1) is 0 Å². The van der Waals surface area contributed by atoms with E-state index < -0.39 is 0 Å². The molecule has 0 bridgehead atoms. The van der Waals surface area contributed by atoms with Crippen molar-refractivity contribution in [3.05, 3.63) is 53.5 Å². The molecule has 1 aromatic heterocycles. The Morgan fingerprint density at radius 1 is 1.06 bits per heavy atom. The van der Waals surface area contributed by atoms with Crippen LogP contribution >= 0.6 is 11.8 Å². The van der Waals surface area contributed by atoms with Crippen LogP contribution in [0.2, 0.25) is 0 Å². The lowest BCUT2D eigenvalue weighted by atomic mass is 10.1. The van der Waals surface area contributed by atoms with Crippen molar-refractivity contribution in [1.29, 1.82) is 0 Å². The molecule has 34 heavy (non-hydrogen) atoms. The Morgan fingerprint density at radius 3 is 2.32 bits per heavy atom. The third kappa shape index (κ3) is 4.99. The minimum atomic E-state index is -0.301. The van der Waals surface area contributed by atoms with Gasteiger partial charge in [0.2, 0.25) is 5.75 Å². The van der Waals surface area contributed by atoms with Gasteiger partial charge in [0.1, 0.15) is 5.82 Å². The monoisotopic (exact) mass is 485 g/mol. The summed E-state index contributed by atoms with van der Waals surface area (Å²) in [6, 6.07) is 9.59. The highest BCUT2D eigenvalue weighted by atomic mass is 32.2. The summed E-state index contributed by atoms with van der Waals surface area (Å²) in [5.41, 5.74) is 2.86. The van der Waals surface area contributed by atoms with Gasteiger partial charge in [-0.05, 0) is 57.2 Å². The number of carbonyl (C=O) groups is 1. The molecule has 2 heterocycles. The third-order valence-electron chi connectivity index (χ3n) is 5.29. The number of hydrogen-bond acceptors (Lipinski definition) is 6. The first-order valence-corrected chi connectivity index (χ1v) is 12.4. The smallest absolute Gasteiger partial charge is 0.251 e.